The maximum absolute atomic E-state index is 12.3. The highest BCUT2D eigenvalue weighted by atomic mass is 35.5. The van der Waals surface area contributed by atoms with Gasteiger partial charge in [-0.2, -0.15) is 4.98 Å². The lowest BCUT2D eigenvalue weighted by Gasteiger charge is -2.16. The molecule has 2 heterocycles. The van der Waals surface area contributed by atoms with Crippen molar-refractivity contribution >= 4 is 29.3 Å². The second-order valence-corrected chi connectivity index (χ2v) is 8.34. The molecule has 1 atom stereocenters. The van der Waals surface area contributed by atoms with Gasteiger partial charge in [-0.25, -0.2) is 9.78 Å². The lowest BCUT2D eigenvalue weighted by molar-refractivity contribution is -0.137. The first-order valence-corrected chi connectivity index (χ1v) is 10.3. The fourth-order valence-corrected chi connectivity index (χ4v) is 4.17. The van der Waals surface area contributed by atoms with Gasteiger partial charge in [0.05, 0.1) is 10.7 Å². The first-order chi connectivity index (χ1) is 12.9. The zero-order chi connectivity index (χ0) is 19.6. The third-order valence-corrected chi connectivity index (χ3v) is 5.83. The lowest BCUT2D eigenvalue weighted by atomic mass is 10.1. The van der Waals surface area contributed by atoms with Gasteiger partial charge in [0.1, 0.15) is 6.04 Å². The van der Waals surface area contributed by atoms with Crippen molar-refractivity contribution in [3.05, 3.63) is 39.8 Å². The molecule has 2 aromatic heterocycles. The highest BCUT2D eigenvalue weighted by Gasteiger charge is 2.26. The Morgan fingerprint density at radius 3 is 2.81 bits per heavy atom. The summed E-state index contributed by atoms with van der Waals surface area (Å²) in [6.45, 7) is 5.75. The summed E-state index contributed by atoms with van der Waals surface area (Å²) in [5.41, 5.74) is 9.80. The van der Waals surface area contributed by atoms with Crippen LogP contribution in [0.1, 0.15) is 42.7 Å². The Kier molecular flexibility index (Phi) is 6.34. The van der Waals surface area contributed by atoms with Gasteiger partial charge in [-0.3, -0.25) is 4.98 Å². The Labute approximate surface area is 168 Å². The Morgan fingerprint density at radius 2 is 2.11 bits per heavy atom. The van der Waals surface area contributed by atoms with E-state index in [0.717, 1.165) is 41.6 Å². The zero-order valence-corrected chi connectivity index (χ0v) is 17.2. The Morgan fingerprint density at radius 1 is 1.33 bits per heavy atom. The summed E-state index contributed by atoms with van der Waals surface area (Å²) in [6.07, 6.45) is 6.07. The number of nitrogens with two attached hydrogens (primary N) is 1. The molecule has 144 valence electrons. The number of hydrogen-bond acceptors (Lipinski definition) is 7. The summed E-state index contributed by atoms with van der Waals surface area (Å²) in [4.78, 5) is 25.5. The molecule has 0 aromatic carbocycles. The number of rotatable bonds is 6. The van der Waals surface area contributed by atoms with Crippen molar-refractivity contribution in [2.24, 2.45) is 11.7 Å². The van der Waals surface area contributed by atoms with E-state index in [2.05, 4.69) is 15.0 Å². The molecule has 2 N–H and O–H groups in total. The van der Waals surface area contributed by atoms with Crippen LogP contribution in [-0.4, -0.2) is 27.0 Å². The molecule has 27 heavy (non-hydrogen) atoms. The molecular weight excluding hydrogens is 384 g/mol. The van der Waals surface area contributed by atoms with Crippen molar-refractivity contribution in [2.75, 3.05) is 0 Å². The van der Waals surface area contributed by atoms with Gasteiger partial charge < -0.3 is 10.5 Å². The number of esters is 1. The van der Waals surface area contributed by atoms with Crippen LogP contribution in [0.5, 0.6) is 5.88 Å². The van der Waals surface area contributed by atoms with Gasteiger partial charge in [-0.05, 0) is 43.2 Å². The van der Waals surface area contributed by atoms with Crippen molar-refractivity contribution in [3.63, 3.8) is 0 Å². The van der Waals surface area contributed by atoms with Crippen LogP contribution in [0, 0.1) is 12.8 Å². The minimum atomic E-state index is -0.675. The van der Waals surface area contributed by atoms with E-state index in [0.29, 0.717) is 21.8 Å². The van der Waals surface area contributed by atoms with Gasteiger partial charge in [-0.1, -0.05) is 37.2 Å². The highest BCUT2D eigenvalue weighted by molar-refractivity contribution is 7.98. The maximum atomic E-state index is 12.3. The van der Waals surface area contributed by atoms with Crippen LogP contribution < -0.4 is 10.5 Å². The minimum Gasteiger partial charge on any atom is -0.406 e. The first-order valence-electron chi connectivity index (χ1n) is 8.95. The van der Waals surface area contributed by atoms with Gasteiger partial charge in [0.25, 0.3) is 0 Å². The van der Waals surface area contributed by atoms with Crippen molar-refractivity contribution in [3.8, 4) is 5.88 Å². The topological polar surface area (TPSA) is 91.0 Å². The second-order valence-electron chi connectivity index (χ2n) is 6.99. The molecule has 6 nitrogen and oxygen atoms in total. The van der Waals surface area contributed by atoms with Gasteiger partial charge >= 0.3 is 5.97 Å². The van der Waals surface area contributed by atoms with Gasteiger partial charge in [0.2, 0.25) is 5.88 Å². The predicted molar refractivity (Wildman–Crippen MR) is 106 cm³/mol. The van der Waals surface area contributed by atoms with Crippen molar-refractivity contribution in [1.82, 2.24) is 15.0 Å². The number of carbonyl (C=O) groups excluding carboxylic acids is 1. The van der Waals surface area contributed by atoms with E-state index in [4.69, 9.17) is 22.1 Å². The van der Waals surface area contributed by atoms with Crippen molar-refractivity contribution in [2.45, 2.75) is 57.0 Å². The molecule has 0 saturated carbocycles. The molecule has 0 saturated heterocycles. The number of pyridine rings is 1. The number of thioether (sulfide) groups is 1. The fourth-order valence-electron chi connectivity index (χ4n) is 2.84. The number of aryl methyl sites for hydroxylation is 2. The Bertz CT molecular complexity index is 840. The number of halogens is 1. The van der Waals surface area contributed by atoms with Crippen molar-refractivity contribution < 1.29 is 9.53 Å². The second kappa shape index (κ2) is 8.54. The number of carbonyl (C=O) groups is 1. The number of ether oxygens (including phenoxy) is 1. The normalized spacial score (nSPS) is 14.3. The number of aromatic nitrogens is 3. The fraction of sp³-hybridized carbons (Fsp3) is 0.474. The Hall–Kier alpha value is -1.70. The summed E-state index contributed by atoms with van der Waals surface area (Å²) in [7, 11) is 0. The molecule has 0 spiro atoms. The largest absolute Gasteiger partial charge is 0.406 e. The van der Waals surface area contributed by atoms with E-state index >= 15 is 0 Å². The molecule has 1 aliphatic rings. The average molecular weight is 407 g/mol. The van der Waals surface area contributed by atoms with Crippen molar-refractivity contribution in [1.29, 1.82) is 0 Å². The van der Waals surface area contributed by atoms with Gasteiger partial charge in [0, 0.05) is 23.7 Å². The molecule has 1 aliphatic carbocycles. The van der Waals surface area contributed by atoms with Crippen LogP contribution in [0.2, 0.25) is 5.02 Å². The lowest BCUT2D eigenvalue weighted by Crippen LogP contribution is -2.39. The monoisotopic (exact) mass is 406 g/mol. The molecule has 0 bridgehead atoms. The van der Waals surface area contributed by atoms with Crippen LogP contribution >= 0.6 is 23.4 Å². The molecular formula is C19H23ClN4O2S. The van der Waals surface area contributed by atoms with E-state index in [1.165, 1.54) is 11.8 Å². The molecule has 0 amide bonds. The molecule has 2 aromatic rings. The van der Waals surface area contributed by atoms with Crippen LogP contribution in [0.3, 0.4) is 0 Å². The summed E-state index contributed by atoms with van der Waals surface area (Å²) in [6, 6.07) is -0.675. The molecule has 0 fully saturated rings. The highest BCUT2D eigenvalue weighted by Crippen LogP contribution is 2.33. The summed E-state index contributed by atoms with van der Waals surface area (Å²) in [5, 5.41) is 1.20. The van der Waals surface area contributed by atoms with Crippen LogP contribution in [0.25, 0.3) is 0 Å². The summed E-state index contributed by atoms with van der Waals surface area (Å²) >= 11 is 7.72. The molecule has 0 unspecified atom stereocenters. The standard InChI is InChI=1S/C19H23ClN4O2S/c1-10(2)16(21)18(25)26-17-12-5-4-6-15(12)23-19(24-17)27-9-13-11(3)7-22-8-14(13)20/h7-8,10,16H,4-6,9,21H2,1-3H3/t16-/m0/s1. The van der Waals surface area contributed by atoms with Crippen LogP contribution in [0.4, 0.5) is 0 Å². The number of fused-ring (bicyclic) bond motifs is 1. The smallest absolute Gasteiger partial charge is 0.329 e. The molecule has 3 rings (SSSR count). The quantitative estimate of drug-likeness (QED) is 0.446. The summed E-state index contributed by atoms with van der Waals surface area (Å²) in [5.74, 6) is 0.503. The van der Waals surface area contributed by atoms with Crippen LogP contribution in [0.15, 0.2) is 17.6 Å². The van der Waals surface area contributed by atoms with Gasteiger partial charge in [0.15, 0.2) is 5.16 Å². The molecule has 8 heteroatoms. The third kappa shape index (κ3) is 4.59. The maximum Gasteiger partial charge on any atom is 0.329 e. The molecule has 0 radical (unpaired) electrons. The summed E-state index contributed by atoms with van der Waals surface area (Å²) < 4.78 is 5.56. The number of nitrogens with zero attached hydrogens (tertiary/aromatic N) is 3. The Balaban J connectivity index is 1.82. The van der Waals surface area contributed by atoms with E-state index in [-0.39, 0.29) is 5.92 Å². The number of hydrogen-bond donors (Lipinski definition) is 1. The third-order valence-electron chi connectivity index (χ3n) is 4.63. The van der Waals surface area contributed by atoms with E-state index in [9.17, 15) is 4.79 Å². The van der Waals surface area contributed by atoms with E-state index < -0.39 is 12.0 Å². The molecule has 0 aliphatic heterocycles. The zero-order valence-electron chi connectivity index (χ0n) is 15.7. The predicted octanol–water partition coefficient (Wildman–Crippen LogP) is 3.50. The minimum absolute atomic E-state index is 0.00182. The van der Waals surface area contributed by atoms with Gasteiger partial charge in [-0.15, -0.1) is 0 Å². The first kappa shape index (κ1) is 20.0. The van der Waals surface area contributed by atoms with E-state index in [1.54, 1.807) is 12.4 Å². The average Bonchev–Trinajstić information content (AvgIpc) is 3.09. The van der Waals surface area contributed by atoms with E-state index in [1.807, 2.05) is 20.8 Å². The van der Waals surface area contributed by atoms with Crippen LogP contribution in [-0.2, 0) is 23.4 Å². The SMILES string of the molecule is Cc1cncc(Cl)c1CSc1nc2c(c(OC(=O)[C@@H](N)C(C)C)n1)CCC2.